The van der Waals surface area contributed by atoms with E-state index in [1.807, 2.05) is 11.4 Å². The molecule has 0 unspecified atom stereocenters. The number of carbonyl (C=O) groups excluding carboxylic acids is 1. The average Bonchev–Trinajstić information content (AvgIpc) is 2.74. The van der Waals surface area contributed by atoms with Gasteiger partial charge in [0.15, 0.2) is 5.82 Å². The summed E-state index contributed by atoms with van der Waals surface area (Å²) in [6, 6.07) is 1.88. The average molecular weight is 243 g/mol. The van der Waals surface area contributed by atoms with E-state index in [1.54, 1.807) is 0 Å². The highest BCUT2D eigenvalue weighted by atomic mass is 35.5. The number of hydrogen-bond acceptors (Lipinski definition) is 5. The van der Waals surface area contributed by atoms with E-state index >= 15 is 0 Å². The van der Waals surface area contributed by atoms with Crippen LogP contribution < -0.4 is 10.9 Å². The summed E-state index contributed by atoms with van der Waals surface area (Å²) in [6.07, 6.45) is 1.44. The Labute approximate surface area is 94.5 Å². The van der Waals surface area contributed by atoms with Crippen molar-refractivity contribution in [3.05, 3.63) is 17.8 Å². The number of nitrogens with zero attached hydrogens (tertiary/aromatic N) is 2. The third-order valence-corrected chi connectivity index (χ3v) is 2.77. The minimum atomic E-state index is -0.307. The number of carbonyl (C=O) groups is 1. The van der Waals surface area contributed by atoms with E-state index in [9.17, 15) is 4.79 Å². The summed E-state index contributed by atoms with van der Waals surface area (Å²) in [5, 5.41) is 2.78. The fourth-order valence-electron chi connectivity index (χ4n) is 1.05. The largest absolute Gasteiger partial charge is 0.281 e. The summed E-state index contributed by atoms with van der Waals surface area (Å²) >= 11 is 6.84. The van der Waals surface area contributed by atoms with Crippen LogP contribution in [0.3, 0.4) is 0 Å². The predicted molar refractivity (Wildman–Crippen MR) is 59.9 cm³/mol. The van der Waals surface area contributed by atoms with Crippen molar-refractivity contribution in [2.75, 3.05) is 11.3 Å². The molecule has 0 saturated carbocycles. The van der Waals surface area contributed by atoms with Gasteiger partial charge in [-0.3, -0.25) is 15.6 Å². The number of hydrogen-bond donors (Lipinski definition) is 2. The lowest BCUT2D eigenvalue weighted by atomic mass is 10.4. The SMILES string of the molecule is O=C(CCl)NNc1ncnc2sccc12. The Bertz CT molecular complexity index is 486. The van der Waals surface area contributed by atoms with Crippen molar-refractivity contribution in [2.45, 2.75) is 0 Å². The van der Waals surface area contributed by atoms with Gasteiger partial charge in [0.1, 0.15) is 17.0 Å². The number of fused-ring (bicyclic) bond motifs is 1. The molecule has 2 aromatic heterocycles. The van der Waals surface area contributed by atoms with Crippen molar-refractivity contribution in [2.24, 2.45) is 0 Å². The molecule has 0 aromatic carbocycles. The molecule has 0 aliphatic carbocycles. The highest BCUT2D eigenvalue weighted by molar-refractivity contribution is 7.16. The molecule has 5 nitrogen and oxygen atoms in total. The number of amides is 1. The molecule has 0 atom stereocenters. The zero-order valence-corrected chi connectivity index (χ0v) is 9.10. The second-order valence-electron chi connectivity index (χ2n) is 2.67. The van der Waals surface area contributed by atoms with Gasteiger partial charge in [-0.1, -0.05) is 0 Å². The summed E-state index contributed by atoms with van der Waals surface area (Å²) in [5.74, 6) is 0.170. The van der Waals surface area contributed by atoms with Crippen LogP contribution in [0.25, 0.3) is 10.2 Å². The van der Waals surface area contributed by atoms with Gasteiger partial charge in [0, 0.05) is 0 Å². The summed E-state index contributed by atoms with van der Waals surface area (Å²) in [6.45, 7) is 0. The van der Waals surface area contributed by atoms with E-state index in [4.69, 9.17) is 11.6 Å². The van der Waals surface area contributed by atoms with E-state index in [2.05, 4.69) is 20.8 Å². The summed E-state index contributed by atoms with van der Waals surface area (Å²) < 4.78 is 0. The second kappa shape index (κ2) is 4.41. The molecule has 0 aliphatic heterocycles. The van der Waals surface area contributed by atoms with Crippen LogP contribution in [0.2, 0.25) is 0 Å². The molecule has 2 aromatic rings. The first-order chi connectivity index (χ1) is 7.31. The van der Waals surface area contributed by atoms with Crippen LogP contribution in [0, 0.1) is 0 Å². The van der Waals surface area contributed by atoms with Crippen LogP contribution in [-0.4, -0.2) is 21.8 Å². The van der Waals surface area contributed by atoms with Gasteiger partial charge < -0.3 is 0 Å². The maximum atomic E-state index is 10.9. The van der Waals surface area contributed by atoms with Crippen molar-refractivity contribution in [1.29, 1.82) is 0 Å². The van der Waals surface area contributed by atoms with E-state index in [1.165, 1.54) is 17.7 Å². The monoisotopic (exact) mass is 242 g/mol. The third-order valence-electron chi connectivity index (χ3n) is 1.70. The minimum absolute atomic E-state index is 0.0924. The first-order valence-electron chi connectivity index (χ1n) is 4.10. The zero-order valence-electron chi connectivity index (χ0n) is 7.53. The highest BCUT2D eigenvalue weighted by Gasteiger charge is 2.04. The van der Waals surface area contributed by atoms with Crippen LogP contribution >= 0.6 is 22.9 Å². The Kier molecular flexibility index (Phi) is 2.98. The molecule has 1 amide bonds. The minimum Gasteiger partial charge on any atom is -0.281 e. The van der Waals surface area contributed by atoms with E-state index in [-0.39, 0.29) is 11.8 Å². The van der Waals surface area contributed by atoms with Crippen LogP contribution in [0.4, 0.5) is 5.82 Å². The lowest BCUT2D eigenvalue weighted by molar-refractivity contribution is -0.118. The molecule has 78 valence electrons. The Balaban J connectivity index is 2.20. The van der Waals surface area contributed by atoms with Gasteiger partial charge in [-0.05, 0) is 11.4 Å². The molecule has 2 heterocycles. The van der Waals surface area contributed by atoms with Crippen molar-refractivity contribution in [1.82, 2.24) is 15.4 Å². The molecule has 2 N–H and O–H groups in total. The molecule has 2 rings (SSSR count). The van der Waals surface area contributed by atoms with Crippen LogP contribution in [0.15, 0.2) is 17.8 Å². The van der Waals surface area contributed by atoms with Crippen molar-refractivity contribution < 1.29 is 4.79 Å². The zero-order chi connectivity index (χ0) is 10.7. The molecule has 0 fully saturated rings. The number of nitrogens with one attached hydrogen (secondary N) is 2. The second-order valence-corrected chi connectivity index (χ2v) is 3.83. The molecule has 15 heavy (non-hydrogen) atoms. The molecule has 7 heteroatoms. The maximum Gasteiger partial charge on any atom is 0.253 e. The number of rotatable bonds is 3. The first kappa shape index (κ1) is 10.1. The third kappa shape index (κ3) is 2.16. The standard InChI is InChI=1S/C8H7ClN4OS/c9-3-6(14)12-13-7-5-1-2-15-8(5)11-4-10-7/h1-2,4H,3H2,(H,12,14)(H,10,11,13). The van der Waals surface area contributed by atoms with Gasteiger partial charge in [-0.2, -0.15) is 0 Å². The lowest BCUT2D eigenvalue weighted by Crippen LogP contribution is -2.30. The van der Waals surface area contributed by atoms with Gasteiger partial charge in [-0.15, -0.1) is 22.9 Å². The van der Waals surface area contributed by atoms with E-state index in [0.717, 1.165) is 10.2 Å². The van der Waals surface area contributed by atoms with Crippen LogP contribution in [-0.2, 0) is 4.79 Å². The normalized spacial score (nSPS) is 10.2. The number of halogens is 1. The van der Waals surface area contributed by atoms with Gasteiger partial charge >= 0.3 is 0 Å². The molecule has 0 radical (unpaired) electrons. The van der Waals surface area contributed by atoms with Gasteiger partial charge in [0.25, 0.3) is 5.91 Å². The quantitative estimate of drug-likeness (QED) is 0.630. The number of hydrazine groups is 1. The Morgan fingerprint density at radius 1 is 1.53 bits per heavy atom. The van der Waals surface area contributed by atoms with E-state index in [0.29, 0.717) is 5.82 Å². The van der Waals surface area contributed by atoms with Crippen molar-refractivity contribution >= 4 is 44.9 Å². The lowest BCUT2D eigenvalue weighted by Gasteiger charge is -2.06. The Hall–Kier alpha value is -1.40. The van der Waals surface area contributed by atoms with Crippen LogP contribution in [0.5, 0.6) is 0 Å². The molecular weight excluding hydrogens is 236 g/mol. The number of alkyl halides is 1. The van der Waals surface area contributed by atoms with E-state index < -0.39 is 0 Å². The first-order valence-corrected chi connectivity index (χ1v) is 5.51. The van der Waals surface area contributed by atoms with Gasteiger partial charge in [-0.25, -0.2) is 9.97 Å². The molecule has 0 aliphatic rings. The number of thiophene rings is 1. The van der Waals surface area contributed by atoms with Gasteiger partial charge in [0.2, 0.25) is 0 Å². The highest BCUT2D eigenvalue weighted by Crippen LogP contribution is 2.22. The molecule has 0 spiro atoms. The fourth-order valence-corrected chi connectivity index (χ4v) is 1.85. The summed E-state index contributed by atoms with van der Waals surface area (Å²) in [4.78, 5) is 19.9. The Morgan fingerprint density at radius 3 is 3.20 bits per heavy atom. The topological polar surface area (TPSA) is 66.9 Å². The Morgan fingerprint density at radius 2 is 2.40 bits per heavy atom. The van der Waals surface area contributed by atoms with Crippen molar-refractivity contribution in [3.63, 3.8) is 0 Å². The molecule has 0 saturated heterocycles. The smallest absolute Gasteiger partial charge is 0.253 e. The van der Waals surface area contributed by atoms with Crippen molar-refractivity contribution in [3.8, 4) is 0 Å². The predicted octanol–water partition coefficient (Wildman–Crippen LogP) is 1.37. The van der Waals surface area contributed by atoms with Crippen LogP contribution in [0.1, 0.15) is 0 Å². The molecule has 0 bridgehead atoms. The summed E-state index contributed by atoms with van der Waals surface area (Å²) in [5.41, 5.74) is 5.12. The maximum absolute atomic E-state index is 10.9. The van der Waals surface area contributed by atoms with Gasteiger partial charge in [0.05, 0.1) is 5.39 Å². The fraction of sp³-hybridized carbons (Fsp3) is 0.125. The molecular formula is C8H7ClN4OS. The summed E-state index contributed by atoms with van der Waals surface area (Å²) in [7, 11) is 0. The number of anilines is 1. The number of aromatic nitrogens is 2.